The van der Waals surface area contributed by atoms with Gasteiger partial charge >= 0.3 is 69.3 Å². The quantitative estimate of drug-likeness (QED) is 0.377. The molecule has 0 aliphatic rings. The molecule has 0 aromatic rings. The summed E-state index contributed by atoms with van der Waals surface area (Å²) in [6.45, 7) is 0. The van der Waals surface area contributed by atoms with Crippen LogP contribution in [0.2, 0.25) is 0 Å². The molecule has 0 atom stereocenters. The van der Waals surface area contributed by atoms with Gasteiger partial charge in [-0.15, -0.1) is 0 Å². The van der Waals surface area contributed by atoms with Gasteiger partial charge < -0.3 is 53.9 Å². The second-order valence-electron chi connectivity index (χ2n) is 0. The Morgan fingerprint density at radius 1 is 0.429 bits per heavy atom. The Morgan fingerprint density at radius 2 is 0.429 bits per heavy atom. The van der Waals surface area contributed by atoms with Gasteiger partial charge in [0.05, 0.1) is 0 Å². The second-order valence-corrected chi connectivity index (χ2v) is 0. The van der Waals surface area contributed by atoms with E-state index in [1.165, 1.54) is 0 Å². The summed E-state index contributed by atoms with van der Waals surface area (Å²) in [5, 5.41) is 0. The van der Waals surface area contributed by atoms with Gasteiger partial charge in [0.2, 0.25) is 0 Å². The van der Waals surface area contributed by atoms with E-state index in [2.05, 4.69) is 0 Å². The molecule has 0 aliphatic heterocycles. The molecule has 0 heterocycles. The molecule has 0 fully saturated rings. The minimum atomic E-state index is 0. The van der Waals surface area contributed by atoms with E-state index in [-0.39, 0.29) is 123 Å². The van der Waals surface area contributed by atoms with E-state index in [0.717, 1.165) is 0 Å². The average Bonchev–Trinajstić information content (AvgIpc) is 0. The van der Waals surface area contributed by atoms with Crippen molar-refractivity contribution in [3.05, 3.63) is 0 Å². The zero-order valence-electron chi connectivity index (χ0n) is 2.87. The standard InChI is InChI=1S/3As.Ga.3Ni/q3*-3;+3;3*+2. The first-order valence-electron chi connectivity index (χ1n) is 0. The summed E-state index contributed by atoms with van der Waals surface area (Å²) >= 11 is 0. The molecule has 0 aromatic carbocycles. The minimum absolute atomic E-state index is 0. The summed E-state index contributed by atoms with van der Waals surface area (Å²) in [5.74, 6) is 0. The summed E-state index contributed by atoms with van der Waals surface area (Å²) < 4.78 is 0. The summed E-state index contributed by atoms with van der Waals surface area (Å²) in [7, 11) is 0. The Kier molecular flexibility index (Phi) is 541. The molecular weight excluding hydrogens is 471 g/mol. The third-order valence-electron chi connectivity index (χ3n) is 0. The maximum atomic E-state index is 0. The zero-order chi connectivity index (χ0) is 0. The Morgan fingerprint density at radius 3 is 0.429 bits per heavy atom. The second kappa shape index (κ2) is 52.6. The van der Waals surface area contributed by atoms with Gasteiger partial charge in [-0.05, 0) is 0 Å². The number of rotatable bonds is 0. The number of hydrogen-bond donors (Lipinski definition) is 0. The van der Waals surface area contributed by atoms with Crippen molar-refractivity contribution >= 4 is 73.7 Å². The largest absolute Gasteiger partial charge is 3.00 e. The van der Waals surface area contributed by atoms with Gasteiger partial charge in [0.1, 0.15) is 0 Å². The predicted octanol–water partition coefficient (Wildman–Crippen LogP) is -1.53. The molecule has 0 bridgehead atoms. The molecule has 0 radical (unpaired) electrons. The van der Waals surface area contributed by atoms with E-state index in [4.69, 9.17) is 0 Å². The first kappa shape index (κ1) is 72.0. The van der Waals surface area contributed by atoms with Crippen molar-refractivity contribution in [3.8, 4) is 0 Å². The molecule has 0 rings (SSSR count). The molecule has 0 saturated heterocycles. The van der Waals surface area contributed by atoms with Gasteiger partial charge in [-0.1, -0.05) is 0 Å². The normalized spacial score (nSPS) is 0. The average molecular weight is 471 g/mol. The summed E-state index contributed by atoms with van der Waals surface area (Å²) in [4.78, 5) is 0. The van der Waals surface area contributed by atoms with Gasteiger partial charge in [-0.25, -0.2) is 0 Å². The van der Waals surface area contributed by atoms with E-state index in [1.807, 2.05) is 0 Å². The van der Waals surface area contributed by atoms with Crippen molar-refractivity contribution < 1.29 is 49.5 Å². The Hall–Kier alpha value is 3.79. The molecule has 0 saturated carbocycles. The topological polar surface area (TPSA) is 0 Å². The summed E-state index contributed by atoms with van der Waals surface area (Å²) in [6.07, 6.45) is 0. The Labute approximate surface area is 121 Å². The molecular formula is As3GaNi3. The SMILES string of the molecule is [As-3].[As-3].[As-3].[Ga+3].[Ni+2].[Ni+2].[Ni+2]. The minimum Gasteiger partial charge on any atom is -3.00 e. The van der Waals surface area contributed by atoms with Gasteiger partial charge in [0.25, 0.3) is 0 Å². The predicted molar refractivity (Wildman–Crippen MR) is 23.0 cm³/mol. The fourth-order valence-corrected chi connectivity index (χ4v) is 0. The van der Waals surface area contributed by atoms with Gasteiger partial charge in [0.15, 0.2) is 0 Å². The van der Waals surface area contributed by atoms with E-state index in [0.29, 0.717) is 0 Å². The fourth-order valence-electron chi connectivity index (χ4n) is 0. The van der Waals surface area contributed by atoms with Gasteiger partial charge in [0, 0.05) is 0 Å². The van der Waals surface area contributed by atoms with Crippen LogP contribution in [0.5, 0.6) is 0 Å². The van der Waals surface area contributed by atoms with Crippen LogP contribution in [0.4, 0.5) is 0 Å². The van der Waals surface area contributed by atoms with Crippen molar-refractivity contribution in [1.29, 1.82) is 0 Å². The molecule has 0 nitrogen and oxygen atoms in total. The molecule has 0 aliphatic carbocycles. The van der Waals surface area contributed by atoms with Crippen molar-refractivity contribution in [1.82, 2.24) is 0 Å². The van der Waals surface area contributed by atoms with Crippen LogP contribution in [-0.2, 0) is 49.5 Å². The maximum Gasteiger partial charge on any atom is 3.00 e. The third-order valence-corrected chi connectivity index (χ3v) is 0. The molecule has 0 unspecified atom stereocenters. The van der Waals surface area contributed by atoms with E-state index in [9.17, 15) is 0 Å². The van der Waals surface area contributed by atoms with Crippen molar-refractivity contribution in [2.24, 2.45) is 0 Å². The molecule has 7 heavy (non-hydrogen) atoms. The van der Waals surface area contributed by atoms with Crippen LogP contribution < -0.4 is 0 Å². The smallest absolute Gasteiger partial charge is 3.00 e. The van der Waals surface area contributed by atoms with Crippen molar-refractivity contribution in [3.63, 3.8) is 0 Å². The van der Waals surface area contributed by atoms with Gasteiger partial charge in [-0.3, -0.25) is 0 Å². The zero-order valence-corrected chi connectivity index (χ0v) is 13.9. The molecule has 0 N–H and O–H groups in total. The molecule has 7 heteroatoms. The van der Waals surface area contributed by atoms with Crippen molar-refractivity contribution in [2.75, 3.05) is 0 Å². The van der Waals surface area contributed by atoms with Crippen LogP contribution in [0, 0.1) is 0 Å². The molecule has 0 aromatic heterocycles. The van der Waals surface area contributed by atoms with Crippen molar-refractivity contribution in [2.45, 2.75) is 0 Å². The summed E-state index contributed by atoms with van der Waals surface area (Å²) in [5.41, 5.74) is 0. The first-order valence-corrected chi connectivity index (χ1v) is 0. The van der Waals surface area contributed by atoms with Crippen LogP contribution in [0.1, 0.15) is 0 Å². The van der Waals surface area contributed by atoms with E-state index < -0.39 is 0 Å². The van der Waals surface area contributed by atoms with Crippen LogP contribution in [0.15, 0.2) is 0 Å². The fraction of sp³-hybridized carbons (Fsp3) is 0. The third kappa shape index (κ3) is 41.3. The van der Waals surface area contributed by atoms with E-state index >= 15 is 0 Å². The number of hydrogen-bond acceptors (Lipinski definition) is 0. The molecule has 48 valence electrons. The Balaban J connectivity index is 0. The maximum absolute atomic E-state index is 0. The van der Waals surface area contributed by atoms with Crippen LogP contribution in [-0.4, -0.2) is 73.7 Å². The van der Waals surface area contributed by atoms with Crippen LogP contribution in [0.3, 0.4) is 0 Å². The summed E-state index contributed by atoms with van der Waals surface area (Å²) in [6, 6.07) is 0. The first-order chi connectivity index (χ1) is 0. The monoisotopic (exact) mass is 467 g/mol. The van der Waals surface area contributed by atoms with Crippen LogP contribution in [0.25, 0.3) is 0 Å². The van der Waals surface area contributed by atoms with Crippen LogP contribution >= 0.6 is 0 Å². The molecule has 0 spiro atoms. The molecule has 0 amide bonds. The Bertz CT molecular complexity index is 10.1. The van der Waals surface area contributed by atoms with Gasteiger partial charge in [-0.2, -0.15) is 0 Å². The van der Waals surface area contributed by atoms with E-state index in [1.54, 1.807) is 0 Å².